The average molecular weight is 1250 g/mol. The molecule has 4 unspecified atom stereocenters. The van der Waals surface area contributed by atoms with Crippen LogP contribution in [0.4, 0.5) is 0 Å². The summed E-state index contributed by atoms with van der Waals surface area (Å²) in [5.74, 6) is -0.533. The lowest BCUT2D eigenvalue weighted by molar-refractivity contribution is -0.378. The number of ether oxygens (including phenoxy) is 10. The maximum Gasteiger partial charge on any atom is 0.314 e. The van der Waals surface area contributed by atoms with Crippen LogP contribution < -0.4 is 0 Å². The standard InChI is InChI=1S/C60H98O27/c1-23(2)25-11-16-60(55(77)87-53-46(75)41(70)38(67)30(83-53)22-78-50-47(76)43(72)48(29(21-63)82-50)85-51-44(73)39(68)35(64)24(3)79-51)18-17-58(7)26(34(25)60)9-10-32-57(6)14-13-33(56(4,5)31(57)12-15-59(32,58)8)84-54-49(42(71)37(66)28(20-62)81-54)86-52-45(74)40(69)36(65)27(19-61)80-52/h24-54,61-76H,1,9-22H2,2-8H3/t24-,25-,26?,27+,28+,29+,30+,31?,32?,33-,34?,35-,36+,37+,38+,39+,40-,41-,42-,43+,44+,45+,46+,47+,48+,49+,50+,51-,52-,53-,54-,57-,58+,59+,60-/m0/s1. The quantitative estimate of drug-likeness (QED) is 0.0433. The van der Waals surface area contributed by atoms with Gasteiger partial charge in [0.05, 0.1) is 44.1 Å². The normalized spacial score (nSPS) is 55.0. The Hall–Kier alpha value is -1.79. The summed E-state index contributed by atoms with van der Waals surface area (Å²) in [6.45, 7) is 16.5. The lowest BCUT2D eigenvalue weighted by Crippen LogP contribution is -2.68. The summed E-state index contributed by atoms with van der Waals surface area (Å²) in [6, 6.07) is 0. The second-order valence-electron chi connectivity index (χ2n) is 28.6. The van der Waals surface area contributed by atoms with Crippen LogP contribution in [0.25, 0.3) is 0 Å². The van der Waals surface area contributed by atoms with Crippen LogP contribution in [0.15, 0.2) is 12.2 Å². The molecule has 0 aromatic carbocycles. The minimum absolute atomic E-state index is 0.0292. The van der Waals surface area contributed by atoms with Gasteiger partial charge in [-0.25, -0.2) is 0 Å². The SMILES string of the molecule is C=C(C)[C@@H]1CC[C@]2(C(=O)O[C@@H]3O[C@H](CO[C@@H]4O[C@H](CO)[C@@H](O[C@@H]5O[C@@H](C)[C@H](O)[C@@H](O)[C@H]5O)[C@H](O)[C@H]4O)[C@@H](O)[C@H](O)[C@H]3O)CC[C@]3(C)C(CCC4[C@@]5(C)CC[C@H](O[C@@H]6O[C@H](CO)[C@@H](O)[C@H](O)[C@H]6O[C@@H]6O[C@H](CO)[C@@H](O)[C@H](O)[C@H]6O)C(C)(C)C5CC[C@]43C)C12. The average Bonchev–Trinajstić information content (AvgIpc) is 1.59. The van der Waals surface area contributed by atoms with Gasteiger partial charge in [0.2, 0.25) is 6.29 Å². The molecule has 0 bridgehead atoms. The molecule has 5 heterocycles. The maximum atomic E-state index is 15.3. The Kier molecular flexibility index (Phi) is 20.0. The third-order valence-electron chi connectivity index (χ3n) is 23.9. The molecule has 0 aromatic heterocycles. The zero-order chi connectivity index (χ0) is 63.5. The molecule has 5 saturated heterocycles. The first kappa shape index (κ1) is 68.1. The number of hydrogen-bond acceptors (Lipinski definition) is 27. The number of aliphatic hydroxyl groups is 16. The molecule has 0 radical (unpaired) electrons. The van der Waals surface area contributed by atoms with Gasteiger partial charge < -0.3 is 129 Å². The largest absolute Gasteiger partial charge is 0.432 e. The van der Waals surface area contributed by atoms with Crippen molar-refractivity contribution >= 4 is 5.97 Å². The van der Waals surface area contributed by atoms with Gasteiger partial charge in [-0.15, -0.1) is 0 Å². The fourth-order valence-corrected chi connectivity index (χ4v) is 18.7. The zero-order valence-corrected chi connectivity index (χ0v) is 50.7. The smallest absolute Gasteiger partial charge is 0.314 e. The summed E-state index contributed by atoms with van der Waals surface area (Å²) < 4.78 is 59.6. The van der Waals surface area contributed by atoms with Crippen molar-refractivity contribution in [3.8, 4) is 0 Å². The van der Waals surface area contributed by atoms with Crippen LogP contribution in [0, 0.1) is 56.7 Å². The van der Waals surface area contributed by atoms with E-state index in [9.17, 15) is 81.7 Å². The van der Waals surface area contributed by atoms with Gasteiger partial charge in [0.25, 0.3) is 0 Å². The van der Waals surface area contributed by atoms with Crippen molar-refractivity contribution in [2.45, 2.75) is 272 Å². The first-order valence-corrected chi connectivity index (χ1v) is 31.3. The molecule has 27 nitrogen and oxygen atoms in total. The molecule has 35 atom stereocenters. The van der Waals surface area contributed by atoms with Crippen molar-refractivity contribution in [1.82, 2.24) is 0 Å². The molecule has 5 aliphatic heterocycles. The summed E-state index contributed by atoms with van der Waals surface area (Å²) in [7, 11) is 0. The minimum Gasteiger partial charge on any atom is -0.432 e. The van der Waals surface area contributed by atoms with Gasteiger partial charge in [-0.05, 0) is 129 Å². The van der Waals surface area contributed by atoms with E-state index in [1.165, 1.54) is 6.92 Å². The molecule has 5 aliphatic carbocycles. The molecular weight excluding hydrogens is 1150 g/mol. The predicted molar refractivity (Wildman–Crippen MR) is 294 cm³/mol. The van der Waals surface area contributed by atoms with Crippen molar-refractivity contribution in [3.05, 3.63) is 12.2 Å². The molecule has 27 heteroatoms. The summed E-state index contributed by atoms with van der Waals surface area (Å²) in [5, 5.41) is 172. The molecule has 10 fully saturated rings. The van der Waals surface area contributed by atoms with E-state index < -0.39 is 203 Å². The Morgan fingerprint density at radius 1 is 0.483 bits per heavy atom. The Balaban J connectivity index is 0.820. The van der Waals surface area contributed by atoms with Gasteiger partial charge in [0.15, 0.2) is 25.2 Å². The molecule has 0 amide bonds. The van der Waals surface area contributed by atoms with Crippen LogP contribution in [-0.2, 0) is 52.2 Å². The van der Waals surface area contributed by atoms with Gasteiger partial charge in [0, 0.05) is 0 Å². The first-order valence-electron chi connectivity index (χ1n) is 31.3. The zero-order valence-electron chi connectivity index (χ0n) is 50.7. The van der Waals surface area contributed by atoms with E-state index in [0.717, 1.165) is 37.7 Å². The molecule has 500 valence electrons. The fraction of sp³-hybridized carbons (Fsp3) is 0.950. The second kappa shape index (κ2) is 25.5. The van der Waals surface area contributed by atoms with E-state index in [1.54, 1.807) is 0 Å². The molecule has 0 spiro atoms. The Bertz CT molecular complexity index is 2390. The molecule has 10 rings (SSSR count). The lowest BCUT2D eigenvalue weighted by Gasteiger charge is -2.73. The highest BCUT2D eigenvalue weighted by molar-refractivity contribution is 5.78. The number of allylic oxidation sites excluding steroid dienone is 1. The van der Waals surface area contributed by atoms with E-state index >= 15 is 4.79 Å². The number of aliphatic hydroxyl groups excluding tert-OH is 16. The molecule has 0 aromatic rings. The van der Waals surface area contributed by atoms with E-state index in [2.05, 4.69) is 41.2 Å². The number of fused-ring (bicyclic) bond motifs is 7. The topological polar surface area (TPSA) is 433 Å². The van der Waals surface area contributed by atoms with E-state index in [4.69, 9.17) is 47.4 Å². The third kappa shape index (κ3) is 11.3. The molecule has 16 N–H and O–H groups in total. The van der Waals surface area contributed by atoms with E-state index in [1.807, 2.05) is 6.92 Å². The monoisotopic (exact) mass is 1250 g/mol. The number of hydrogen-bond donors (Lipinski definition) is 16. The molecular formula is C60H98O27. The predicted octanol–water partition coefficient (Wildman–Crippen LogP) is -3.33. The molecule has 5 saturated carbocycles. The van der Waals surface area contributed by atoms with E-state index in [0.29, 0.717) is 32.1 Å². The number of esters is 1. The minimum atomic E-state index is -1.90. The summed E-state index contributed by atoms with van der Waals surface area (Å²) in [4.78, 5) is 15.3. The van der Waals surface area contributed by atoms with Crippen LogP contribution in [0.5, 0.6) is 0 Å². The van der Waals surface area contributed by atoms with Crippen molar-refractivity contribution in [1.29, 1.82) is 0 Å². The third-order valence-corrected chi connectivity index (χ3v) is 23.9. The first-order chi connectivity index (χ1) is 40.9. The van der Waals surface area contributed by atoms with Crippen molar-refractivity contribution in [3.63, 3.8) is 0 Å². The van der Waals surface area contributed by atoms with Gasteiger partial charge >= 0.3 is 5.97 Å². The second-order valence-corrected chi connectivity index (χ2v) is 28.6. The van der Waals surface area contributed by atoms with E-state index in [-0.39, 0.29) is 45.8 Å². The van der Waals surface area contributed by atoms with Gasteiger partial charge in [-0.3, -0.25) is 4.79 Å². The summed E-state index contributed by atoms with van der Waals surface area (Å²) in [5.41, 5.74) is -1.36. The maximum absolute atomic E-state index is 15.3. The van der Waals surface area contributed by atoms with Gasteiger partial charge in [-0.2, -0.15) is 0 Å². The summed E-state index contributed by atoms with van der Waals surface area (Å²) in [6.07, 6.45) is -34.3. The Morgan fingerprint density at radius 2 is 1.01 bits per heavy atom. The number of carbonyl (C=O) groups excluding carboxylic acids is 1. The Labute approximate surface area is 506 Å². The highest BCUT2D eigenvalue weighted by Crippen LogP contribution is 2.78. The van der Waals surface area contributed by atoms with Crippen molar-refractivity contribution < 1.29 is 134 Å². The van der Waals surface area contributed by atoms with Gasteiger partial charge in [0.1, 0.15) is 116 Å². The molecule has 10 aliphatic rings. The highest BCUT2D eigenvalue weighted by Gasteiger charge is 2.73. The van der Waals surface area contributed by atoms with Crippen LogP contribution in [0.2, 0.25) is 0 Å². The Morgan fingerprint density at radius 3 is 1.64 bits per heavy atom. The van der Waals surface area contributed by atoms with Crippen molar-refractivity contribution in [2.24, 2.45) is 56.7 Å². The van der Waals surface area contributed by atoms with Crippen LogP contribution >= 0.6 is 0 Å². The van der Waals surface area contributed by atoms with Crippen LogP contribution in [-0.4, -0.2) is 274 Å². The highest BCUT2D eigenvalue weighted by atomic mass is 16.8. The summed E-state index contributed by atoms with van der Waals surface area (Å²) >= 11 is 0. The van der Waals surface area contributed by atoms with Crippen LogP contribution in [0.3, 0.4) is 0 Å². The van der Waals surface area contributed by atoms with Crippen LogP contribution in [0.1, 0.15) is 113 Å². The lowest BCUT2D eigenvalue weighted by atomic mass is 9.32. The van der Waals surface area contributed by atoms with Crippen molar-refractivity contribution in [2.75, 3.05) is 26.4 Å². The number of carbonyl (C=O) groups is 1. The fourth-order valence-electron chi connectivity index (χ4n) is 18.7. The number of rotatable bonds is 15. The molecule has 87 heavy (non-hydrogen) atoms. The van der Waals surface area contributed by atoms with Gasteiger partial charge in [-0.1, -0.05) is 46.8 Å².